The molecule has 0 unspecified atom stereocenters. The van der Waals surface area contributed by atoms with Crippen molar-refractivity contribution < 1.29 is 9.59 Å². The zero-order valence-corrected chi connectivity index (χ0v) is 18.6. The number of anilines is 1. The zero-order chi connectivity index (χ0) is 21.4. The smallest absolute Gasteiger partial charge is 0.251 e. The molecule has 0 radical (unpaired) electrons. The molecule has 5 rings (SSSR count). The lowest BCUT2D eigenvalue weighted by Gasteiger charge is -2.11. The number of fused-ring (bicyclic) bond motifs is 1. The number of carbonyl (C=O) groups is 2. The molecular weight excluding hydrogens is 430 g/mol. The molecule has 3 N–H and O–H groups in total. The van der Waals surface area contributed by atoms with Crippen LogP contribution in [0.5, 0.6) is 0 Å². The molecule has 31 heavy (non-hydrogen) atoms. The molecule has 160 valence electrons. The molecule has 9 heteroatoms. The van der Waals surface area contributed by atoms with Crippen LogP contribution in [0.15, 0.2) is 35.5 Å². The lowest BCUT2D eigenvalue weighted by atomic mass is 9.95. The highest BCUT2D eigenvalue weighted by Gasteiger charge is 2.31. The van der Waals surface area contributed by atoms with Gasteiger partial charge in [-0.1, -0.05) is 30.0 Å². The molecule has 0 atom stereocenters. The quantitative estimate of drug-likeness (QED) is 0.528. The molecule has 1 fully saturated rings. The maximum absolute atomic E-state index is 12.6. The minimum atomic E-state index is -0.473. The minimum Gasteiger partial charge on any atom is -0.365 e. The average Bonchev–Trinajstić information content (AvgIpc) is 3.42. The molecule has 2 amide bonds. The van der Waals surface area contributed by atoms with Gasteiger partial charge in [-0.15, -0.1) is 16.4 Å². The Labute approximate surface area is 188 Å². The van der Waals surface area contributed by atoms with E-state index in [4.69, 9.17) is 5.73 Å². The van der Waals surface area contributed by atoms with Gasteiger partial charge in [0.25, 0.3) is 5.91 Å². The molecule has 2 heterocycles. The van der Waals surface area contributed by atoms with Crippen LogP contribution in [0.1, 0.15) is 58.2 Å². The molecule has 1 aromatic carbocycles. The fourth-order valence-electron chi connectivity index (χ4n) is 3.94. The third-order valence-electron chi connectivity index (χ3n) is 5.56. The Balaban J connectivity index is 1.30. The lowest BCUT2D eigenvalue weighted by Crippen LogP contribution is -2.19. The number of para-hydroxylation sites is 1. The van der Waals surface area contributed by atoms with Crippen LogP contribution >= 0.6 is 23.1 Å². The number of nitrogens with two attached hydrogens (primary N) is 1. The molecule has 0 bridgehead atoms. The molecule has 3 aromatic rings. The number of aryl methyl sites for hydroxylation is 1. The molecule has 0 spiro atoms. The molecule has 0 saturated heterocycles. The van der Waals surface area contributed by atoms with Crippen LogP contribution in [0.2, 0.25) is 0 Å². The molecular formula is C22H23N5O2S2. The minimum absolute atomic E-state index is 0.170. The Bertz CT molecular complexity index is 1130. The Morgan fingerprint density at radius 3 is 2.71 bits per heavy atom. The van der Waals surface area contributed by atoms with Gasteiger partial charge in [0.2, 0.25) is 11.1 Å². The first-order valence-corrected chi connectivity index (χ1v) is 12.3. The SMILES string of the molecule is NC(=O)c1c(NC(=O)CSc2nc(C3CC3)n(-c3ccccc3)n2)sc2c1CCCC2. The summed E-state index contributed by atoms with van der Waals surface area (Å²) in [6.45, 7) is 0. The number of hydrogen-bond acceptors (Lipinski definition) is 6. The van der Waals surface area contributed by atoms with Gasteiger partial charge in [0.1, 0.15) is 10.8 Å². The zero-order valence-electron chi connectivity index (χ0n) is 17.0. The summed E-state index contributed by atoms with van der Waals surface area (Å²) in [4.78, 5) is 30.5. The van der Waals surface area contributed by atoms with E-state index >= 15 is 0 Å². The number of thiophene rings is 1. The van der Waals surface area contributed by atoms with E-state index in [1.165, 1.54) is 28.0 Å². The summed E-state index contributed by atoms with van der Waals surface area (Å²) < 4.78 is 1.89. The Hall–Kier alpha value is -2.65. The highest BCUT2D eigenvalue weighted by molar-refractivity contribution is 7.99. The van der Waals surface area contributed by atoms with Crippen LogP contribution < -0.4 is 11.1 Å². The fourth-order valence-corrected chi connectivity index (χ4v) is 5.88. The van der Waals surface area contributed by atoms with Crippen molar-refractivity contribution in [1.82, 2.24) is 14.8 Å². The van der Waals surface area contributed by atoms with E-state index in [1.807, 2.05) is 35.0 Å². The Kier molecular flexibility index (Phi) is 5.54. The third kappa shape index (κ3) is 4.24. The van der Waals surface area contributed by atoms with Crippen LogP contribution in [0.4, 0.5) is 5.00 Å². The Morgan fingerprint density at radius 2 is 1.97 bits per heavy atom. The van der Waals surface area contributed by atoms with Crippen molar-refractivity contribution in [2.75, 3.05) is 11.1 Å². The summed E-state index contributed by atoms with van der Waals surface area (Å²) in [5, 5.41) is 8.70. The van der Waals surface area contributed by atoms with E-state index in [1.54, 1.807) is 0 Å². The van der Waals surface area contributed by atoms with Gasteiger partial charge in [0, 0.05) is 10.8 Å². The summed E-state index contributed by atoms with van der Waals surface area (Å²) in [5.41, 5.74) is 8.10. The van der Waals surface area contributed by atoms with Crippen LogP contribution in [0.25, 0.3) is 5.69 Å². The average molecular weight is 454 g/mol. The number of aromatic nitrogens is 3. The lowest BCUT2D eigenvalue weighted by molar-refractivity contribution is -0.113. The number of nitrogens with zero attached hydrogens (tertiary/aromatic N) is 3. The van der Waals surface area contributed by atoms with Gasteiger partial charge in [0.15, 0.2) is 0 Å². The fraction of sp³-hybridized carbons (Fsp3) is 0.364. The van der Waals surface area contributed by atoms with Gasteiger partial charge in [-0.2, -0.15) is 0 Å². The Morgan fingerprint density at radius 1 is 1.19 bits per heavy atom. The monoisotopic (exact) mass is 453 g/mol. The third-order valence-corrected chi connectivity index (χ3v) is 7.60. The van der Waals surface area contributed by atoms with Crippen LogP contribution in [0, 0.1) is 0 Å². The topological polar surface area (TPSA) is 103 Å². The highest BCUT2D eigenvalue weighted by Crippen LogP contribution is 2.41. The van der Waals surface area contributed by atoms with E-state index in [0.717, 1.165) is 55.6 Å². The van der Waals surface area contributed by atoms with Crippen molar-refractivity contribution >= 4 is 39.9 Å². The van der Waals surface area contributed by atoms with Gasteiger partial charge >= 0.3 is 0 Å². The molecule has 2 aliphatic carbocycles. The molecule has 7 nitrogen and oxygen atoms in total. The van der Waals surface area contributed by atoms with Gasteiger partial charge in [-0.05, 0) is 56.2 Å². The molecule has 1 saturated carbocycles. The van der Waals surface area contributed by atoms with Crippen LogP contribution in [-0.4, -0.2) is 32.3 Å². The van der Waals surface area contributed by atoms with Crippen molar-refractivity contribution in [3.63, 3.8) is 0 Å². The maximum atomic E-state index is 12.6. The largest absolute Gasteiger partial charge is 0.365 e. The van der Waals surface area contributed by atoms with Crippen molar-refractivity contribution in [1.29, 1.82) is 0 Å². The number of thioether (sulfide) groups is 1. The van der Waals surface area contributed by atoms with Crippen molar-refractivity contribution in [3.8, 4) is 5.69 Å². The van der Waals surface area contributed by atoms with E-state index in [-0.39, 0.29) is 11.7 Å². The van der Waals surface area contributed by atoms with Gasteiger partial charge in [-0.25, -0.2) is 9.67 Å². The van der Waals surface area contributed by atoms with E-state index in [0.29, 0.717) is 21.6 Å². The van der Waals surface area contributed by atoms with Gasteiger partial charge < -0.3 is 11.1 Å². The number of nitrogens with one attached hydrogen (secondary N) is 1. The number of amides is 2. The standard InChI is InChI=1S/C22H23N5O2S2/c23-19(29)18-15-8-4-5-9-16(15)31-21(18)24-17(28)12-30-22-25-20(13-10-11-13)27(26-22)14-6-2-1-3-7-14/h1-3,6-7,13H,4-5,8-12H2,(H2,23,29)(H,24,28). The second kappa shape index (κ2) is 8.47. The van der Waals surface area contributed by atoms with Gasteiger partial charge in [-0.3, -0.25) is 9.59 Å². The molecule has 2 aromatic heterocycles. The number of hydrogen-bond donors (Lipinski definition) is 2. The van der Waals surface area contributed by atoms with Crippen molar-refractivity contribution in [2.24, 2.45) is 5.73 Å². The summed E-state index contributed by atoms with van der Waals surface area (Å²) in [7, 11) is 0. The normalized spacial score (nSPS) is 15.5. The van der Waals surface area contributed by atoms with Crippen LogP contribution in [0.3, 0.4) is 0 Å². The van der Waals surface area contributed by atoms with E-state index in [2.05, 4.69) is 15.4 Å². The van der Waals surface area contributed by atoms with Crippen molar-refractivity contribution in [2.45, 2.75) is 49.6 Å². The number of carbonyl (C=O) groups excluding carboxylic acids is 2. The molecule has 2 aliphatic rings. The highest BCUT2D eigenvalue weighted by atomic mass is 32.2. The van der Waals surface area contributed by atoms with Crippen LogP contribution in [-0.2, 0) is 17.6 Å². The first-order chi connectivity index (χ1) is 15.1. The second-order valence-corrected chi connectivity index (χ2v) is 9.94. The summed E-state index contributed by atoms with van der Waals surface area (Å²) in [6.07, 6.45) is 6.18. The summed E-state index contributed by atoms with van der Waals surface area (Å²) in [5.74, 6) is 0.904. The second-order valence-electron chi connectivity index (χ2n) is 7.89. The number of benzene rings is 1. The predicted octanol–water partition coefficient (Wildman–Crippen LogP) is 3.91. The van der Waals surface area contributed by atoms with E-state index < -0.39 is 5.91 Å². The predicted molar refractivity (Wildman–Crippen MR) is 122 cm³/mol. The maximum Gasteiger partial charge on any atom is 0.251 e. The molecule has 0 aliphatic heterocycles. The van der Waals surface area contributed by atoms with E-state index in [9.17, 15) is 9.59 Å². The first kappa shape index (κ1) is 20.3. The summed E-state index contributed by atoms with van der Waals surface area (Å²) in [6, 6.07) is 9.94. The summed E-state index contributed by atoms with van der Waals surface area (Å²) >= 11 is 2.78. The van der Waals surface area contributed by atoms with Gasteiger partial charge in [0.05, 0.1) is 17.0 Å². The number of rotatable bonds is 7. The number of primary amides is 1. The van der Waals surface area contributed by atoms with Crippen molar-refractivity contribution in [3.05, 3.63) is 52.2 Å². The first-order valence-electron chi connectivity index (χ1n) is 10.5.